The van der Waals surface area contributed by atoms with Gasteiger partial charge in [0.05, 0.1) is 7.11 Å². The van der Waals surface area contributed by atoms with Crippen molar-refractivity contribution in [3.8, 4) is 23.1 Å². The first-order chi connectivity index (χ1) is 9.74. The summed E-state index contributed by atoms with van der Waals surface area (Å²) in [5.74, 6) is 0.717. The minimum absolute atomic E-state index is 0.416. The number of imidazole rings is 1. The molecule has 2 aromatic heterocycles. The molecule has 0 fully saturated rings. The second kappa shape index (κ2) is 4.87. The lowest BCUT2D eigenvalue weighted by Gasteiger charge is -2.02. The monoisotopic (exact) mass is 283 g/mol. The molecule has 4 nitrogen and oxygen atoms in total. The third-order valence-electron chi connectivity index (χ3n) is 3.05. The Morgan fingerprint density at radius 1 is 1.25 bits per heavy atom. The fourth-order valence-corrected chi connectivity index (χ4v) is 2.37. The maximum absolute atomic E-state index is 9.42. The molecule has 3 rings (SSSR count). The SMILES string of the molecule is COc1cccc(-c2nc3cccc(Cl)n3c2C#N)c1. The summed E-state index contributed by atoms with van der Waals surface area (Å²) in [5.41, 5.74) is 2.48. The zero-order valence-corrected chi connectivity index (χ0v) is 11.4. The lowest BCUT2D eigenvalue weighted by atomic mass is 10.1. The predicted molar refractivity (Wildman–Crippen MR) is 76.9 cm³/mol. The summed E-state index contributed by atoms with van der Waals surface area (Å²) in [6.07, 6.45) is 0. The first-order valence-corrected chi connectivity index (χ1v) is 6.34. The van der Waals surface area contributed by atoms with Gasteiger partial charge in [-0.3, -0.25) is 4.40 Å². The molecule has 0 N–H and O–H groups in total. The van der Waals surface area contributed by atoms with Crippen LogP contribution in [0.2, 0.25) is 5.15 Å². The first kappa shape index (κ1) is 12.5. The lowest BCUT2D eigenvalue weighted by molar-refractivity contribution is 0.415. The van der Waals surface area contributed by atoms with Crippen LogP contribution < -0.4 is 4.74 Å². The molecule has 98 valence electrons. The quantitative estimate of drug-likeness (QED) is 0.676. The molecule has 3 aromatic rings. The highest BCUT2D eigenvalue weighted by molar-refractivity contribution is 6.29. The predicted octanol–water partition coefficient (Wildman–Crippen LogP) is 3.53. The van der Waals surface area contributed by atoms with E-state index < -0.39 is 0 Å². The van der Waals surface area contributed by atoms with Crippen molar-refractivity contribution in [3.05, 3.63) is 53.3 Å². The maximum Gasteiger partial charge on any atom is 0.153 e. The van der Waals surface area contributed by atoms with Crippen LogP contribution in [0.15, 0.2) is 42.5 Å². The molecule has 0 saturated heterocycles. The van der Waals surface area contributed by atoms with Crippen LogP contribution in [-0.4, -0.2) is 16.5 Å². The molecule has 0 aliphatic rings. The van der Waals surface area contributed by atoms with Crippen LogP contribution in [0.1, 0.15) is 5.69 Å². The van der Waals surface area contributed by atoms with E-state index in [0.717, 1.165) is 11.3 Å². The van der Waals surface area contributed by atoms with Gasteiger partial charge in [0, 0.05) is 5.56 Å². The van der Waals surface area contributed by atoms with Gasteiger partial charge < -0.3 is 4.74 Å². The standard InChI is InChI=1S/C15H10ClN3O/c1-20-11-5-2-4-10(8-11)15-12(9-17)19-13(16)6-3-7-14(19)18-15/h2-8H,1H3. The van der Waals surface area contributed by atoms with Crippen LogP contribution in [-0.2, 0) is 0 Å². The van der Waals surface area contributed by atoms with Gasteiger partial charge in [0.25, 0.3) is 0 Å². The molecular formula is C15H10ClN3O. The first-order valence-electron chi connectivity index (χ1n) is 5.96. The summed E-state index contributed by atoms with van der Waals surface area (Å²) >= 11 is 6.15. The Hall–Kier alpha value is -2.51. The van der Waals surface area contributed by atoms with E-state index in [1.807, 2.05) is 30.3 Å². The van der Waals surface area contributed by atoms with Gasteiger partial charge in [-0.2, -0.15) is 5.26 Å². The summed E-state index contributed by atoms with van der Waals surface area (Å²) in [6.45, 7) is 0. The number of ether oxygens (including phenoxy) is 1. The fourth-order valence-electron chi connectivity index (χ4n) is 2.13. The van der Waals surface area contributed by atoms with E-state index in [1.54, 1.807) is 23.6 Å². The molecule has 1 aromatic carbocycles. The zero-order chi connectivity index (χ0) is 14.1. The number of methoxy groups -OCH3 is 1. The summed E-state index contributed by atoms with van der Waals surface area (Å²) in [4.78, 5) is 4.49. The molecule has 0 saturated carbocycles. The minimum atomic E-state index is 0.416. The Balaban J connectivity index is 2.31. The number of halogens is 1. The minimum Gasteiger partial charge on any atom is -0.497 e. The van der Waals surface area contributed by atoms with Gasteiger partial charge in [-0.25, -0.2) is 4.98 Å². The van der Waals surface area contributed by atoms with E-state index in [4.69, 9.17) is 16.3 Å². The number of nitrogens with zero attached hydrogens (tertiary/aromatic N) is 3. The molecule has 2 heterocycles. The highest BCUT2D eigenvalue weighted by Crippen LogP contribution is 2.28. The van der Waals surface area contributed by atoms with Crippen molar-refractivity contribution < 1.29 is 4.74 Å². The average Bonchev–Trinajstić information content (AvgIpc) is 2.87. The van der Waals surface area contributed by atoms with Gasteiger partial charge in [-0.1, -0.05) is 29.8 Å². The Morgan fingerprint density at radius 2 is 2.05 bits per heavy atom. The van der Waals surface area contributed by atoms with Crippen LogP contribution in [0.25, 0.3) is 16.9 Å². The average molecular weight is 284 g/mol. The second-order valence-electron chi connectivity index (χ2n) is 4.19. The number of benzene rings is 1. The third kappa shape index (κ3) is 1.89. The number of fused-ring (bicyclic) bond motifs is 1. The van der Waals surface area contributed by atoms with E-state index >= 15 is 0 Å². The van der Waals surface area contributed by atoms with Crippen molar-refractivity contribution in [2.45, 2.75) is 0 Å². The number of hydrogen-bond donors (Lipinski definition) is 0. The van der Waals surface area contributed by atoms with Crippen LogP contribution in [0, 0.1) is 11.3 Å². The molecule has 0 atom stereocenters. The van der Waals surface area contributed by atoms with Crippen molar-refractivity contribution in [2.75, 3.05) is 7.11 Å². The number of rotatable bonds is 2. The smallest absolute Gasteiger partial charge is 0.153 e. The van der Waals surface area contributed by atoms with Gasteiger partial charge in [0.2, 0.25) is 0 Å². The van der Waals surface area contributed by atoms with E-state index in [9.17, 15) is 5.26 Å². The lowest BCUT2D eigenvalue weighted by Crippen LogP contribution is -1.91. The van der Waals surface area contributed by atoms with E-state index in [1.165, 1.54) is 0 Å². The zero-order valence-electron chi connectivity index (χ0n) is 10.7. The van der Waals surface area contributed by atoms with Gasteiger partial charge >= 0.3 is 0 Å². The number of pyridine rings is 1. The van der Waals surface area contributed by atoms with Crippen LogP contribution in [0.4, 0.5) is 0 Å². The Bertz CT molecular complexity index is 833. The summed E-state index contributed by atoms with van der Waals surface area (Å²) in [6, 6.07) is 15.0. The Labute approximate surface area is 120 Å². The third-order valence-corrected chi connectivity index (χ3v) is 3.34. The molecule has 0 amide bonds. The molecule has 0 radical (unpaired) electrons. The highest BCUT2D eigenvalue weighted by Gasteiger charge is 2.15. The number of hydrogen-bond acceptors (Lipinski definition) is 3. The summed E-state index contributed by atoms with van der Waals surface area (Å²) < 4.78 is 6.84. The van der Waals surface area contributed by atoms with Crippen molar-refractivity contribution >= 4 is 17.2 Å². The normalized spacial score (nSPS) is 10.4. The van der Waals surface area contributed by atoms with Crippen LogP contribution >= 0.6 is 11.6 Å². The molecule has 0 spiro atoms. The van der Waals surface area contributed by atoms with E-state index in [-0.39, 0.29) is 0 Å². The van der Waals surface area contributed by atoms with E-state index in [0.29, 0.717) is 22.2 Å². The van der Waals surface area contributed by atoms with E-state index in [2.05, 4.69) is 11.1 Å². The largest absolute Gasteiger partial charge is 0.497 e. The molecule has 0 aliphatic carbocycles. The van der Waals surface area contributed by atoms with Crippen LogP contribution in [0.3, 0.4) is 0 Å². The molecule has 20 heavy (non-hydrogen) atoms. The van der Waals surface area contributed by atoms with Gasteiger partial charge in [0.1, 0.15) is 28.3 Å². The fraction of sp³-hybridized carbons (Fsp3) is 0.0667. The Morgan fingerprint density at radius 3 is 2.80 bits per heavy atom. The van der Waals surface area contributed by atoms with Crippen molar-refractivity contribution in [3.63, 3.8) is 0 Å². The highest BCUT2D eigenvalue weighted by atomic mass is 35.5. The second-order valence-corrected chi connectivity index (χ2v) is 4.58. The summed E-state index contributed by atoms with van der Waals surface area (Å²) in [7, 11) is 1.60. The van der Waals surface area contributed by atoms with Gasteiger partial charge in [-0.15, -0.1) is 0 Å². The van der Waals surface area contributed by atoms with Gasteiger partial charge in [-0.05, 0) is 24.3 Å². The van der Waals surface area contributed by atoms with Crippen LogP contribution in [0.5, 0.6) is 5.75 Å². The maximum atomic E-state index is 9.42. The molecule has 5 heteroatoms. The molecule has 0 bridgehead atoms. The molecule has 0 aliphatic heterocycles. The molecular weight excluding hydrogens is 274 g/mol. The summed E-state index contributed by atoms with van der Waals surface area (Å²) in [5, 5.41) is 9.88. The topological polar surface area (TPSA) is 50.3 Å². The number of aromatic nitrogens is 2. The van der Waals surface area contributed by atoms with Crippen molar-refractivity contribution in [1.82, 2.24) is 9.38 Å². The molecule has 0 unspecified atom stereocenters. The number of nitriles is 1. The van der Waals surface area contributed by atoms with Crippen molar-refractivity contribution in [2.24, 2.45) is 0 Å². The van der Waals surface area contributed by atoms with Gasteiger partial charge in [0.15, 0.2) is 5.69 Å². The van der Waals surface area contributed by atoms with Crippen molar-refractivity contribution in [1.29, 1.82) is 5.26 Å². The Kier molecular flexibility index (Phi) is 3.05.